The Labute approximate surface area is 156 Å². The van der Waals surface area contributed by atoms with Gasteiger partial charge >= 0.3 is 5.97 Å². The van der Waals surface area contributed by atoms with Crippen LogP contribution in [0.3, 0.4) is 0 Å². The molecule has 3 aromatic carbocycles. The molecule has 0 aliphatic rings. The monoisotopic (exact) mass is 356 g/mol. The van der Waals surface area contributed by atoms with Crippen LogP contribution in [0.1, 0.15) is 27.6 Å². The summed E-state index contributed by atoms with van der Waals surface area (Å²) in [5, 5.41) is 11.1. The zero-order valence-electron chi connectivity index (χ0n) is 14.3. The van der Waals surface area contributed by atoms with Crippen LogP contribution in [-0.4, -0.2) is 26.2 Å². The first-order valence-corrected chi connectivity index (χ1v) is 8.46. The topological polar surface area (TPSA) is 69.9 Å². The molecule has 6 heteroatoms. The highest BCUT2D eigenvalue weighted by atomic mass is 16.5. The van der Waals surface area contributed by atoms with Gasteiger partial charge in [-0.15, -0.1) is 5.10 Å². The Balaban J connectivity index is 1.70. The second kappa shape index (κ2) is 7.61. The molecule has 0 N–H and O–H groups in total. The Morgan fingerprint density at radius 3 is 2.00 bits per heavy atom. The number of hydrogen-bond donors (Lipinski definition) is 0. The lowest BCUT2D eigenvalue weighted by Gasteiger charge is -2.19. The Morgan fingerprint density at radius 2 is 1.41 bits per heavy atom. The summed E-state index contributed by atoms with van der Waals surface area (Å²) in [6.07, 6.45) is 0.930. The van der Waals surface area contributed by atoms with Crippen LogP contribution in [0, 0.1) is 0 Å². The smallest absolute Gasteiger partial charge is 0.341 e. The van der Waals surface area contributed by atoms with Gasteiger partial charge in [0.15, 0.2) is 6.10 Å². The zero-order valence-corrected chi connectivity index (χ0v) is 14.3. The van der Waals surface area contributed by atoms with Crippen LogP contribution in [0.5, 0.6) is 0 Å². The number of carbonyl (C=O) groups excluding carboxylic acids is 1. The van der Waals surface area contributed by atoms with Crippen molar-refractivity contribution < 1.29 is 9.53 Å². The Morgan fingerprint density at radius 1 is 0.815 bits per heavy atom. The Hall–Kier alpha value is -3.80. The fourth-order valence-electron chi connectivity index (χ4n) is 2.87. The number of benzene rings is 3. The predicted octanol–water partition coefficient (Wildman–Crippen LogP) is 3.61. The number of para-hydroxylation sites is 1. The third kappa shape index (κ3) is 3.59. The first kappa shape index (κ1) is 16.7. The maximum absolute atomic E-state index is 13.0. The third-order valence-corrected chi connectivity index (χ3v) is 4.15. The molecule has 4 aromatic rings. The molecule has 0 aliphatic heterocycles. The van der Waals surface area contributed by atoms with Gasteiger partial charge in [0, 0.05) is 0 Å². The molecule has 1 heterocycles. The summed E-state index contributed by atoms with van der Waals surface area (Å²) in [6.45, 7) is 0. The SMILES string of the molecule is O=C(OC(c1ccccc1)c1ccccc1)c1ccccc1-n1cnnn1. The van der Waals surface area contributed by atoms with E-state index in [-0.39, 0.29) is 0 Å². The van der Waals surface area contributed by atoms with Crippen molar-refractivity contribution in [2.45, 2.75) is 6.10 Å². The average molecular weight is 356 g/mol. The fraction of sp³-hybridized carbons (Fsp3) is 0.0476. The number of hydrogen-bond acceptors (Lipinski definition) is 5. The quantitative estimate of drug-likeness (QED) is 0.511. The van der Waals surface area contributed by atoms with Crippen molar-refractivity contribution in [1.29, 1.82) is 0 Å². The molecule has 4 rings (SSSR count). The van der Waals surface area contributed by atoms with Gasteiger partial charge in [0.25, 0.3) is 0 Å². The van der Waals surface area contributed by atoms with Crippen molar-refractivity contribution in [1.82, 2.24) is 20.2 Å². The fourth-order valence-corrected chi connectivity index (χ4v) is 2.87. The molecule has 0 spiro atoms. The van der Waals surface area contributed by atoms with Crippen molar-refractivity contribution in [3.05, 3.63) is 108 Å². The number of esters is 1. The van der Waals surface area contributed by atoms with Crippen molar-refractivity contribution in [2.24, 2.45) is 0 Å². The van der Waals surface area contributed by atoms with E-state index in [0.717, 1.165) is 11.1 Å². The number of ether oxygens (including phenoxy) is 1. The minimum atomic E-state index is -0.512. The van der Waals surface area contributed by atoms with Gasteiger partial charge in [0.05, 0.1) is 11.3 Å². The zero-order chi connectivity index (χ0) is 18.5. The van der Waals surface area contributed by atoms with E-state index >= 15 is 0 Å². The summed E-state index contributed by atoms with van der Waals surface area (Å²) < 4.78 is 7.37. The van der Waals surface area contributed by atoms with Gasteiger partial charge in [-0.05, 0) is 33.7 Å². The van der Waals surface area contributed by atoms with E-state index in [2.05, 4.69) is 15.5 Å². The molecule has 132 valence electrons. The molecule has 0 radical (unpaired) electrons. The van der Waals surface area contributed by atoms with Crippen molar-refractivity contribution >= 4 is 5.97 Å². The molecule has 0 aliphatic carbocycles. The third-order valence-electron chi connectivity index (χ3n) is 4.15. The van der Waals surface area contributed by atoms with Gasteiger partial charge in [-0.2, -0.15) is 4.68 Å². The van der Waals surface area contributed by atoms with Crippen molar-refractivity contribution in [3.8, 4) is 5.69 Å². The molecule has 0 unspecified atom stereocenters. The van der Waals surface area contributed by atoms with Crippen LogP contribution >= 0.6 is 0 Å². The van der Waals surface area contributed by atoms with Crippen LogP contribution < -0.4 is 0 Å². The van der Waals surface area contributed by atoms with Gasteiger partial charge in [-0.3, -0.25) is 0 Å². The minimum absolute atomic E-state index is 0.390. The number of nitrogens with zero attached hydrogens (tertiary/aromatic N) is 4. The van der Waals surface area contributed by atoms with E-state index in [1.807, 2.05) is 66.7 Å². The predicted molar refractivity (Wildman–Crippen MR) is 99.3 cm³/mol. The van der Waals surface area contributed by atoms with Crippen LogP contribution in [0.25, 0.3) is 5.69 Å². The van der Waals surface area contributed by atoms with E-state index in [9.17, 15) is 4.79 Å². The average Bonchev–Trinajstić information content (AvgIpc) is 3.28. The second-order valence-electron chi connectivity index (χ2n) is 5.88. The molecule has 6 nitrogen and oxygen atoms in total. The van der Waals surface area contributed by atoms with E-state index < -0.39 is 12.1 Å². The lowest BCUT2D eigenvalue weighted by atomic mass is 10.0. The summed E-state index contributed by atoms with van der Waals surface area (Å²) in [5.41, 5.74) is 2.75. The molecular weight excluding hydrogens is 340 g/mol. The summed E-state index contributed by atoms with van der Waals surface area (Å²) in [6, 6.07) is 26.4. The van der Waals surface area contributed by atoms with Gasteiger partial charge in [-0.25, -0.2) is 4.79 Å². The molecule has 0 atom stereocenters. The van der Waals surface area contributed by atoms with Crippen LogP contribution in [0.2, 0.25) is 0 Å². The maximum Gasteiger partial charge on any atom is 0.341 e. The molecule has 1 aromatic heterocycles. The van der Waals surface area contributed by atoms with Gasteiger partial charge < -0.3 is 4.74 Å². The highest BCUT2D eigenvalue weighted by Crippen LogP contribution is 2.28. The number of aromatic nitrogens is 4. The Kier molecular flexibility index (Phi) is 4.70. The number of carbonyl (C=O) groups is 1. The minimum Gasteiger partial charge on any atom is -0.449 e. The largest absolute Gasteiger partial charge is 0.449 e. The highest BCUT2D eigenvalue weighted by molar-refractivity contribution is 5.93. The molecule has 0 bridgehead atoms. The first-order chi connectivity index (χ1) is 13.3. The van der Waals surface area contributed by atoms with Gasteiger partial charge in [0.1, 0.15) is 6.33 Å². The summed E-state index contributed by atoms with van der Waals surface area (Å²) in [5.74, 6) is -0.446. The van der Waals surface area contributed by atoms with E-state index in [0.29, 0.717) is 11.3 Å². The summed E-state index contributed by atoms with van der Waals surface area (Å²) in [7, 11) is 0. The molecule has 0 saturated carbocycles. The number of tetrazole rings is 1. The summed E-state index contributed by atoms with van der Waals surface area (Å²) >= 11 is 0. The van der Waals surface area contributed by atoms with Gasteiger partial charge in [0.2, 0.25) is 0 Å². The lowest BCUT2D eigenvalue weighted by Crippen LogP contribution is -2.15. The normalized spacial score (nSPS) is 10.7. The second-order valence-corrected chi connectivity index (χ2v) is 5.88. The lowest BCUT2D eigenvalue weighted by molar-refractivity contribution is 0.0378. The highest BCUT2D eigenvalue weighted by Gasteiger charge is 2.22. The molecule has 0 amide bonds. The van der Waals surface area contributed by atoms with Crippen LogP contribution in [0.4, 0.5) is 0 Å². The van der Waals surface area contributed by atoms with Crippen LogP contribution in [-0.2, 0) is 4.74 Å². The van der Waals surface area contributed by atoms with Gasteiger partial charge in [-0.1, -0.05) is 72.8 Å². The van der Waals surface area contributed by atoms with Crippen LogP contribution in [0.15, 0.2) is 91.3 Å². The molecular formula is C21H16N4O2. The standard InChI is InChI=1S/C21H16N4O2/c26-21(18-13-7-8-14-19(18)25-15-22-23-24-25)27-20(16-9-3-1-4-10-16)17-11-5-2-6-12-17/h1-15,20H. The molecule has 0 fully saturated rings. The number of rotatable bonds is 5. The molecule has 0 saturated heterocycles. The van der Waals surface area contributed by atoms with E-state index in [1.165, 1.54) is 11.0 Å². The maximum atomic E-state index is 13.0. The summed E-state index contributed by atoms with van der Waals surface area (Å²) in [4.78, 5) is 13.0. The molecule has 27 heavy (non-hydrogen) atoms. The first-order valence-electron chi connectivity index (χ1n) is 8.46. The van der Waals surface area contributed by atoms with Crippen molar-refractivity contribution in [3.63, 3.8) is 0 Å². The Bertz CT molecular complexity index is 979. The van der Waals surface area contributed by atoms with E-state index in [4.69, 9.17) is 4.74 Å². The van der Waals surface area contributed by atoms with E-state index in [1.54, 1.807) is 18.2 Å². The van der Waals surface area contributed by atoms with Crippen molar-refractivity contribution in [2.75, 3.05) is 0 Å².